The minimum atomic E-state index is -0.262. The number of fused-ring (bicyclic) bond motifs is 3. The number of hydrogen-bond donors (Lipinski definition) is 0. The van der Waals surface area contributed by atoms with Crippen LogP contribution in [0.25, 0.3) is 11.8 Å². The Balaban J connectivity index is 1.41. The number of nitrogens with zero attached hydrogens (tertiary/aromatic N) is 2. The van der Waals surface area contributed by atoms with Gasteiger partial charge in [0.15, 0.2) is 4.80 Å². The second-order valence-corrected chi connectivity index (χ2v) is 13.9. The minimum Gasteiger partial charge on any atom is -0.497 e. The summed E-state index contributed by atoms with van der Waals surface area (Å²) in [4.78, 5) is 20.2. The van der Waals surface area contributed by atoms with Crippen molar-refractivity contribution in [2.45, 2.75) is 25.5 Å². The topological polar surface area (TPSA) is 52.8 Å². The van der Waals surface area contributed by atoms with E-state index in [1.165, 1.54) is 22.5 Å². The van der Waals surface area contributed by atoms with Crippen molar-refractivity contribution in [3.05, 3.63) is 151 Å². The molecule has 1 aromatic heterocycles. The van der Waals surface area contributed by atoms with Gasteiger partial charge >= 0.3 is 0 Å². The molecule has 0 radical (unpaired) electrons. The standard InChI is InChI=1S/C35H26I2N2O3S/c1-41-26-12-7-11-23(17-26)32-28-15-14-22-10-5-6-13-27(22)31(28)38-35-39(32)34(40)30(43-35)18-24-16-25(36)19-29(37)33(24)42-20-21-8-3-2-4-9-21/h2-13,16-19,32H,14-15,20H2,1H3/b30-18-. The zero-order valence-corrected chi connectivity index (χ0v) is 28.4. The normalized spacial score (nSPS) is 15.8. The number of thiazole rings is 1. The number of benzene rings is 4. The minimum absolute atomic E-state index is 0.0511. The molecule has 2 heterocycles. The molecule has 0 amide bonds. The Morgan fingerprint density at radius 1 is 0.977 bits per heavy atom. The molecule has 5 nitrogen and oxygen atoms in total. The van der Waals surface area contributed by atoms with E-state index in [9.17, 15) is 4.79 Å². The quantitative estimate of drug-likeness (QED) is 0.172. The van der Waals surface area contributed by atoms with Gasteiger partial charge in [0.2, 0.25) is 0 Å². The first kappa shape index (κ1) is 28.5. The summed E-state index contributed by atoms with van der Waals surface area (Å²) in [7, 11) is 1.67. The van der Waals surface area contributed by atoms with Crippen molar-refractivity contribution >= 4 is 68.3 Å². The second kappa shape index (κ2) is 12.0. The highest BCUT2D eigenvalue weighted by Gasteiger charge is 2.32. The summed E-state index contributed by atoms with van der Waals surface area (Å²) >= 11 is 6.07. The molecular weight excluding hydrogens is 782 g/mol. The first-order chi connectivity index (χ1) is 21.0. The van der Waals surface area contributed by atoms with E-state index in [4.69, 9.17) is 14.5 Å². The third-order valence-corrected chi connectivity index (χ3v) is 10.2. The SMILES string of the molecule is COc1cccc(C2C3=C(N=c4s/c(=C\c5cc(I)cc(I)c5OCc5ccccc5)c(=O)n42)c2ccccc2CC3)c1. The molecular formula is C35H26I2N2O3S. The molecule has 214 valence electrons. The molecule has 0 N–H and O–H groups in total. The van der Waals surface area contributed by atoms with Gasteiger partial charge in [-0.15, -0.1) is 0 Å². The van der Waals surface area contributed by atoms with Gasteiger partial charge in [0.1, 0.15) is 18.1 Å². The molecule has 0 bridgehead atoms. The summed E-state index contributed by atoms with van der Waals surface area (Å²) in [5.74, 6) is 1.54. The number of ether oxygens (including phenoxy) is 2. The van der Waals surface area contributed by atoms with Crippen LogP contribution < -0.4 is 24.4 Å². The average Bonchev–Trinajstić information content (AvgIpc) is 3.33. The maximum Gasteiger partial charge on any atom is 0.271 e. The summed E-state index contributed by atoms with van der Waals surface area (Å²) in [6.07, 6.45) is 3.72. The maximum absolute atomic E-state index is 14.3. The Morgan fingerprint density at radius 2 is 1.79 bits per heavy atom. The van der Waals surface area contributed by atoms with Gasteiger partial charge in [-0.2, -0.15) is 0 Å². The summed E-state index contributed by atoms with van der Waals surface area (Å²) in [6, 6.07) is 30.5. The van der Waals surface area contributed by atoms with Crippen LogP contribution in [-0.2, 0) is 13.0 Å². The van der Waals surface area contributed by atoms with E-state index in [1.54, 1.807) is 7.11 Å². The molecule has 1 unspecified atom stereocenters. The van der Waals surface area contributed by atoms with E-state index in [-0.39, 0.29) is 11.6 Å². The average molecular weight is 808 g/mol. The lowest BCUT2D eigenvalue weighted by Gasteiger charge is -2.31. The van der Waals surface area contributed by atoms with E-state index in [2.05, 4.69) is 99.8 Å². The van der Waals surface area contributed by atoms with Crippen molar-refractivity contribution in [3.8, 4) is 11.5 Å². The van der Waals surface area contributed by atoms with Gasteiger partial charge < -0.3 is 9.47 Å². The van der Waals surface area contributed by atoms with Crippen LogP contribution in [0.1, 0.15) is 40.3 Å². The molecule has 8 heteroatoms. The first-order valence-electron chi connectivity index (χ1n) is 13.9. The highest BCUT2D eigenvalue weighted by molar-refractivity contribution is 14.1. The Morgan fingerprint density at radius 3 is 2.63 bits per heavy atom. The van der Waals surface area contributed by atoms with Crippen molar-refractivity contribution in [1.82, 2.24) is 4.57 Å². The maximum atomic E-state index is 14.3. The van der Waals surface area contributed by atoms with Crippen LogP contribution in [0.2, 0.25) is 0 Å². The summed E-state index contributed by atoms with van der Waals surface area (Å²) in [6.45, 7) is 0.446. The monoisotopic (exact) mass is 808 g/mol. The van der Waals surface area contributed by atoms with Crippen molar-refractivity contribution < 1.29 is 9.47 Å². The molecule has 1 atom stereocenters. The van der Waals surface area contributed by atoms with Crippen LogP contribution in [0.15, 0.2) is 106 Å². The Labute approximate surface area is 280 Å². The molecule has 0 saturated heterocycles. The van der Waals surface area contributed by atoms with Crippen LogP contribution in [0.5, 0.6) is 11.5 Å². The molecule has 43 heavy (non-hydrogen) atoms. The smallest absolute Gasteiger partial charge is 0.271 e. The van der Waals surface area contributed by atoms with E-state index >= 15 is 0 Å². The lowest BCUT2D eigenvalue weighted by Crippen LogP contribution is -2.38. The van der Waals surface area contributed by atoms with Crippen molar-refractivity contribution in [2.75, 3.05) is 7.11 Å². The van der Waals surface area contributed by atoms with Gasteiger partial charge in [-0.05, 0) is 111 Å². The summed E-state index contributed by atoms with van der Waals surface area (Å²) in [5, 5.41) is 0. The fraction of sp³-hybridized carbons (Fsp3) is 0.143. The predicted octanol–water partition coefficient (Wildman–Crippen LogP) is 7.12. The molecule has 0 spiro atoms. The van der Waals surface area contributed by atoms with E-state index < -0.39 is 0 Å². The Hall–Kier alpha value is -3.22. The number of methoxy groups -OCH3 is 1. The van der Waals surface area contributed by atoms with Crippen LogP contribution in [0, 0.1) is 7.14 Å². The summed E-state index contributed by atoms with van der Waals surface area (Å²) < 4.78 is 16.5. The van der Waals surface area contributed by atoms with Gasteiger partial charge in [-0.1, -0.05) is 78.1 Å². The molecule has 7 rings (SSSR count). The van der Waals surface area contributed by atoms with Crippen molar-refractivity contribution in [1.29, 1.82) is 0 Å². The largest absolute Gasteiger partial charge is 0.497 e. The third kappa shape index (κ3) is 5.49. The predicted molar refractivity (Wildman–Crippen MR) is 188 cm³/mol. The molecule has 0 fully saturated rings. The van der Waals surface area contributed by atoms with E-state index in [1.807, 2.05) is 47.0 Å². The van der Waals surface area contributed by atoms with Gasteiger partial charge in [-0.25, -0.2) is 4.99 Å². The number of rotatable bonds is 6. The fourth-order valence-corrected chi connectivity index (χ4v) is 8.88. The van der Waals surface area contributed by atoms with Crippen LogP contribution in [-0.4, -0.2) is 11.7 Å². The molecule has 5 aromatic rings. The van der Waals surface area contributed by atoms with E-state index in [0.29, 0.717) is 15.9 Å². The number of aromatic nitrogens is 1. The van der Waals surface area contributed by atoms with Gasteiger partial charge in [0, 0.05) is 14.7 Å². The van der Waals surface area contributed by atoms with Gasteiger partial charge in [0.25, 0.3) is 5.56 Å². The van der Waals surface area contributed by atoms with Crippen molar-refractivity contribution in [3.63, 3.8) is 0 Å². The van der Waals surface area contributed by atoms with Gasteiger partial charge in [0.05, 0.1) is 27.0 Å². The van der Waals surface area contributed by atoms with Crippen LogP contribution in [0.3, 0.4) is 0 Å². The van der Waals surface area contributed by atoms with E-state index in [0.717, 1.165) is 59.4 Å². The zero-order valence-electron chi connectivity index (χ0n) is 23.2. The number of halogens is 2. The highest BCUT2D eigenvalue weighted by Crippen LogP contribution is 2.41. The Kier molecular flexibility index (Phi) is 8.00. The van der Waals surface area contributed by atoms with Gasteiger partial charge in [-0.3, -0.25) is 9.36 Å². The van der Waals surface area contributed by atoms with Crippen molar-refractivity contribution in [2.24, 2.45) is 4.99 Å². The number of aryl methyl sites for hydroxylation is 1. The zero-order chi connectivity index (χ0) is 29.5. The molecule has 2 aliphatic rings. The van der Waals surface area contributed by atoms with Crippen LogP contribution >= 0.6 is 56.5 Å². The lowest BCUT2D eigenvalue weighted by atomic mass is 9.83. The lowest BCUT2D eigenvalue weighted by molar-refractivity contribution is 0.303. The Bertz CT molecular complexity index is 2080. The second-order valence-electron chi connectivity index (χ2n) is 10.5. The molecule has 1 aliphatic heterocycles. The molecule has 4 aromatic carbocycles. The molecule has 0 saturated carbocycles. The third-order valence-electron chi connectivity index (χ3n) is 7.83. The summed E-state index contributed by atoms with van der Waals surface area (Å²) in [5.41, 5.74) is 7.53. The van der Waals surface area contributed by atoms with Crippen LogP contribution in [0.4, 0.5) is 0 Å². The number of hydrogen-bond acceptors (Lipinski definition) is 5. The highest BCUT2D eigenvalue weighted by atomic mass is 127. The molecule has 1 aliphatic carbocycles. The number of allylic oxidation sites excluding steroid dienone is 1. The fourth-order valence-electron chi connectivity index (χ4n) is 5.84. The first-order valence-corrected chi connectivity index (χ1v) is 16.9.